The second-order valence-electron chi connectivity index (χ2n) is 3.22. The van der Waals surface area contributed by atoms with E-state index in [1.54, 1.807) is 6.92 Å². The number of hydrogen-bond donors (Lipinski definition) is 3. The Hall–Kier alpha value is -0.750. The van der Waals surface area contributed by atoms with Crippen LogP contribution in [-0.4, -0.2) is 40.7 Å². The van der Waals surface area contributed by atoms with Gasteiger partial charge < -0.3 is 15.7 Å². The van der Waals surface area contributed by atoms with Crippen molar-refractivity contribution < 1.29 is 14.7 Å². The molecular formula is C8H14N2O3S. The van der Waals surface area contributed by atoms with Gasteiger partial charge in [-0.25, -0.2) is 0 Å². The average molecular weight is 218 g/mol. The van der Waals surface area contributed by atoms with Crippen LogP contribution in [0.15, 0.2) is 0 Å². The quantitative estimate of drug-likeness (QED) is 0.605. The third-order valence-corrected chi connectivity index (χ3v) is 2.73. The van der Waals surface area contributed by atoms with Crippen LogP contribution in [0.25, 0.3) is 0 Å². The zero-order valence-corrected chi connectivity index (χ0v) is 8.76. The zero-order chi connectivity index (χ0) is 10.6. The van der Waals surface area contributed by atoms with Crippen molar-refractivity contribution in [2.75, 3.05) is 12.3 Å². The molecular weight excluding hydrogens is 204 g/mol. The maximum absolute atomic E-state index is 11.4. The molecule has 0 saturated carbocycles. The minimum atomic E-state index is -0.415. The van der Waals surface area contributed by atoms with Crippen molar-refractivity contribution in [2.24, 2.45) is 0 Å². The second-order valence-corrected chi connectivity index (χ2v) is 4.22. The first-order chi connectivity index (χ1) is 6.59. The Morgan fingerprint density at radius 3 is 3.07 bits per heavy atom. The van der Waals surface area contributed by atoms with E-state index >= 15 is 0 Å². The Morgan fingerprint density at radius 2 is 2.57 bits per heavy atom. The number of hydrogen-bond acceptors (Lipinski definition) is 4. The predicted octanol–water partition coefficient (Wildman–Crippen LogP) is -0.302. The molecule has 0 aromatic heterocycles. The number of aliphatic hydroxyl groups excluding tert-OH is 1. The lowest BCUT2D eigenvalue weighted by molar-refractivity contribution is -0.122. The van der Waals surface area contributed by atoms with Gasteiger partial charge >= 0.3 is 0 Å². The number of nitrogens with one attached hydrogen (secondary N) is 2. The van der Waals surface area contributed by atoms with E-state index < -0.39 is 12.1 Å². The number of carbonyl (C=O) groups excluding carboxylic acids is 2. The lowest BCUT2D eigenvalue weighted by Crippen LogP contribution is -2.43. The highest BCUT2D eigenvalue weighted by Crippen LogP contribution is 2.12. The molecule has 0 aromatic carbocycles. The molecule has 2 amide bonds. The van der Waals surface area contributed by atoms with E-state index in [0.717, 1.165) is 11.8 Å². The molecule has 0 aromatic rings. The number of carbonyl (C=O) groups is 2. The maximum atomic E-state index is 11.4. The zero-order valence-electron chi connectivity index (χ0n) is 7.95. The standard InChI is InChI=1S/C8H14N2O3S/c1-5(11)2-3-9-7(12)6-4-14-8(13)10-6/h5-6,11H,2-4H2,1H3,(H,9,12)(H,10,13). The van der Waals surface area contributed by atoms with Gasteiger partial charge in [-0.15, -0.1) is 0 Å². The fraction of sp³-hybridized carbons (Fsp3) is 0.750. The first-order valence-electron chi connectivity index (χ1n) is 4.48. The Bertz CT molecular complexity index is 233. The Balaban J connectivity index is 2.18. The predicted molar refractivity (Wildman–Crippen MR) is 54.1 cm³/mol. The van der Waals surface area contributed by atoms with E-state index in [9.17, 15) is 9.59 Å². The number of amides is 2. The van der Waals surface area contributed by atoms with Gasteiger partial charge in [0.25, 0.3) is 5.24 Å². The van der Waals surface area contributed by atoms with Crippen LogP contribution in [0.2, 0.25) is 0 Å². The number of aliphatic hydroxyl groups is 1. The highest BCUT2D eigenvalue weighted by molar-refractivity contribution is 8.14. The molecule has 1 saturated heterocycles. The molecule has 14 heavy (non-hydrogen) atoms. The van der Waals surface area contributed by atoms with Crippen molar-refractivity contribution in [3.8, 4) is 0 Å². The third-order valence-electron chi connectivity index (χ3n) is 1.85. The molecule has 0 radical (unpaired) electrons. The second kappa shape index (κ2) is 5.21. The maximum Gasteiger partial charge on any atom is 0.279 e. The normalized spacial score (nSPS) is 23.0. The molecule has 1 aliphatic heterocycles. The van der Waals surface area contributed by atoms with Crippen LogP contribution < -0.4 is 10.6 Å². The van der Waals surface area contributed by atoms with Gasteiger partial charge in [0, 0.05) is 12.3 Å². The van der Waals surface area contributed by atoms with Gasteiger partial charge in [-0.2, -0.15) is 0 Å². The van der Waals surface area contributed by atoms with Gasteiger partial charge in [0.05, 0.1) is 6.10 Å². The largest absolute Gasteiger partial charge is 0.393 e. The highest BCUT2D eigenvalue weighted by atomic mass is 32.2. The van der Waals surface area contributed by atoms with Crippen LogP contribution >= 0.6 is 11.8 Å². The van der Waals surface area contributed by atoms with Crippen molar-refractivity contribution >= 4 is 22.9 Å². The summed E-state index contributed by atoms with van der Waals surface area (Å²) in [5, 5.41) is 14.0. The molecule has 0 aliphatic carbocycles. The van der Waals surface area contributed by atoms with E-state index in [1.165, 1.54) is 0 Å². The minimum Gasteiger partial charge on any atom is -0.393 e. The first-order valence-corrected chi connectivity index (χ1v) is 5.47. The third kappa shape index (κ3) is 3.55. The van der Waals surface area contributed by atoms with E-state index in [0.29, 0.717) is 18.7 Å². The van der Waals surface area contributed by atoms with Crippen molar-refractivity contribution in [1.29, 1.82) is 0 Å². The summed E-state index contributed by atoms with van der Waals surface area (Å²) < 4.78 is 0. The summed E-state index contributed by atoms with van der Waals surface area (Å²) in [6.45, 7) is 2.10. The molecule has 1 rings (SSSR count). The van der Waals surface area contributed by atoms with Gasteiger partial charge in [0.1, 0.15) is 6.04 Å². The molecule has 3 N–H and O–H groups in total. The molecule has 1 aliphatic rings. The summed E-state index contributed by atoms with van der Waals surface area (Å²) in [5.74, 6) is 0.309. The smallest absolute Gasteiger partial charge is 0.279 e. The first kappa shape index (κ1) is 11.3. The summed E-state index contributed by atoms with van der Waals surface area (Å²) in [4.78, 5) is 22.1. The van der Waals surface area contributed by atoms with E-state index in [2.05, 4.69) is 10.6 Å². The molecule has 6 heteroatoms. The summed E-state index contributed by atoms with van der Waals surface area (Å²) in [6.07, 6.45) is 0.113. The monoisotopic (exact) mass is 218 g/mol. The molecule has 5 nitrogen and oxygen atoms in total. The summed E-state index contributed by atoms with van der Waals surface area (Å²) in [5.41, 5.74) is 0. The molecule has 80 valence electrons. The molecule has 1 heterocycles. The fourth-order valence-corrected chi connectivity index (χ4v) is 1.83. The van der Waals surface area contributed by atoms with Crippen molar-refractivity contribution in [3.63, 3.8) is 0 Å². The van der Waals surface area contributed by atoms with Crippen molar-refractivity contribution in [2.45, 2.75) is 25.5 Å². The SMILES string of the molecule is CC(O)CCNC(=O)C1CSC(=O)N1. The van der Waals surface area contributed by atoms with E-state index in [-0.39, 0.29) is 11.1 Å². The van der Waals surface area contributed by atoms with Crippen LogP contribution in [0.5, 0.6) is 0 Å². The minimum absolute atomic E-state index is 0.152. The fourth-order valence-electron chi connectivity index (χ4n) is 1.05. The molecule has 0 bridgehead atoms. The van der Waals surface area contributed by atoms with Crippen LogP contribution in [0.3, 0.4) is 0 Å². The van der Waals surface area contributed by atoms with Gasteiger partial charge in [0.2, 0.25) is 5.91 Å². The summed E-state index contributed by atoms with van der Waals surface area (Å²) in [7, 11) is 0. The van der Waals surface area contributed by atoms with Crippen molar-refractivity contribution in [3.05, 3.63) is 0 Å². The van der Waals surface area contributed by atoms with Gasteiger partial charge in [-0.05, 0) is 13.3 Å². The van der Waals surface area contributed by atoms with Gasteiger partial charge in [-0.1, -0.05) is 11.8 Å². The lowest BCUT2D eigenvalue weighted by Gasteiger charge is -2.10. The van der Waals surface area contributed by atoms with E-state index in [1.807, 2.05) is 0 Å². The Labute approximate surface area is 86.6 Å². The Kier molecular flexibility index (Phi) is 4.21. The van der Waals surface area contributed by atoms with Gasteiger partial charge in [0.15, 0.2) is 0 Å². The van der Waals surface area contributed by atoms with Crippen LogP contribution in [-0.2, 0) is 4.79 Å². The molecule has 0 spiro atoms. The molecule has 2 unspecified atom stereocenters. The van der Waals surface area contributed by atoms with Gasteiger partial charge in [-0.3, -0.25) is 9.59 Å². The average Bonchev–Trinajstić information content (AvgIpc) is 2.51. The Morgan fingerprint density at radius 1 is 1.86 bits per heavy atom. The molecule has 2 atom stereocenters. The summed E-state index contributed by atoms with van der Waals surface area (Å²) >= 11 is 1.11. The summed E-state index contributed by atoms with van der Waals surface area (Å²) in [6, 6.07) is -0.415. The van der Waals surface area contributed by atoms with E-state index in [4.69, 9.17) is 5.11 Å². The van der Waals surface area contributed by atoms with Crippen molar-refractivity contribution in [1.82, 2.24) is 10.6 Å². The topological polar surface area (TPSA) is 78.4 Å². The lowest BCUT2D eigenvalue weighted by atomic mass is 10.2. The van der Waals surface area contributed by atoms with Crippen LogP contribution in [0.1, 0.15) is 13.3 Å². The van der Waals surface area contributed by atoms with Crippen LogP contribution in [0, 0.1) is 0 Å². The molecule has 1 fully saturated rings. The van der Waals surface area contributed by atoms with Crippen LogP contribution in [0.4, 0.5) is 4.79 Å². The highest BCUT2D eigenvalue weighted by Gasteiger charge is 2.27. The number of rotatable bonds is 4. The number of thioether (sulfide) groups is 1.